The van der Waals surface area contributed by atoms with Crippen molar-refractivity contribution in [1.82, 2.24) is 10.6 Å². The molecule has 4 N–H and O–H groups in total. The summed E-state index contributed by atoms with van der Waals surface area (Å²) in [5.74, 6) is -1.66. The number of hydrogen-bond donors (Lipinski definition) is 4. The van der Waals surface area contributed by atoms with Gasteiger partial charge in [-0.25, -0.2) is 4.79 Å². The van der Waals surface area contributed by atoms with Crippen molar-refractivity contribution in [3.8, 4) is 0 Å². The monoisotopic (exact) mass is 292 g/mol. The molecule has 0 bridgehead atoms. The molecule has 2 amide bonds. The Morgan fingerprint density at radius 1 is 1.26 bits per heavy atom. The summed E-state index contributed by atoms with van der Waals surface area (Å²) in [6.07, 6.45) is 1.03. The lowest BCUT2D eigenvalue weighted by atomic mass is 10.1. The number of thioether (sulfide) groups is 1. The molecule has 0 heterocycles. The number of aliphatic carboxylic acids is 1. The van der Waals surface area contributed by atoms with Crippen molar-refractivity contribution in [2.24, 2.45) is 0 Å². The third-order valence-corrected chi connectivity index (χ3v) is 2.99. The molecule has 0 radical (unpaired) electrons. The van der Waals surface area contributed by atoms with Gasteiger partial charge in [-0.15, -0.1) is 0 Å². The molecule has 0 aromatic rings. The molecule has 3 atom stereocenters. The average Bonchev–Trinajstić information content (AvgIpc) is 2.29. The quantitative estimate of drug-likeness (QED) is 0.465. The summed E-state index contributed by atoms with van der Waals surface area (Å²) in [7, 11) is 0. The lowest BCUT2D eigenvalue weighted by Gasteiger charge is -2.22. The van der Waals surface area contributed by atoms with Crippen LogP contribution < -0.4 is 10.6 Å². The summed E-state index contributed by atoms with van der Waals surface area (Å²) in [4.78, 5) is 33.8. The summed E-state index contributed by atoms with van der Waals surface area (Å²) < 4.78 is 0. The van der Waals surface area contributed by atoms with Gasteiger partial charge in [0.25, 0.3) is 0 Å². The van der Waals surface area contributed by atoms with Crippen molar-refractivity contribution in [2.75, 3.05) is 12.0 Å². The van der Waals surface area contributed by atoms with Crippen LogP contribution in [0.15, 0.2) is 0 Å². The first-order valence-corrected chi connectivity index (χ1v) is 7.16. The lowest BCUT2D eigenvalue weighted by Crippen LogP contribution is -2.54. The minimum Gasteiger partial charge on any atom is -0.480 e. The van der Waals surface area contributed by atoms with E-state index in [2.05, 4.69) is 10.6 Å². The minimum absolute atomic E-state index is 0.370. The van der Waals surface area contributed by atoms with Gasteiger partial charge in [0.2, 0.25) is 11.8 Å². The van der Waals surface area contributed by atoms with Crippen LogP contribution in [0.3, 0.4) is 0 Å². The van der Waals surface area contributed by atoms with E-state index < -0.39 is 30.1 Å². The van der Waals surface area contributed by atoms with Crippen molar-refractivity contribution in [3.63, 3.8) is 0 Å². The van der Waals surface area contributed by atoms with Gasteiger partial charge in [0.1, 0.15) is 6.04 Å². The maximum absolute atomic E-state index is 11.9. The van der Waals surface area contributed by atoms with Gasteiger partial charge in [0, 0.05) is 6.92 Å². The van der Waals surface area contributed by atoms with Gasteiger partial charge in [-0.3, -0.25) is 9.59 Å². The largest absolute Gasteiger partial charge is 0.480 e. The van der Waals surface area contributed by atoms with Gasteiger partial charge in [0.15, 0.2) is 6.04 Å². The van der Waals surface area contributed by atoms with E-state index in [0.29, 0.717) is 12.2 Å². The van der Waals surface area contributed by atoms with Crippen molar-refractivity contribution in [3.05, 3.63) is 0 Å². The number of carboxylic acid groups (broad SMARTS) is 1. The molecule has 0 rings (SSSR count). The molecule has 0 saturated carbocycles. The SMILES string of the molecule is CSCC[C@H](NC(C)=O)C(=O)N[C@H](C(=O)O)[C@@H](C)O. The molecule has 0 spiro atoms. The molecular weight excluding hydrogens is 272 g/mol. The summed E-state index contributed by atoms with van der Waals surface area (Å²) in [6.45, 7) is 2.55. The molecule has 7 nitrogen and oxygen atoms in total. The first-order chi connectivity index (χ1) is 8.79. The number of carbonyl (C=O) groups excluding carboxylic acids is 2. The third-order valence-electron chi connectivity index (χ3n) is 2.35. The third kappa shape index (κ3) is 7.02. The maximum Gasteiger partial charge on any atom is 0.328 e. The van der Waals surface area contributed by atoms with Gasteiger partial charge in [0.05, 0.1) is 6.10 Å². The van der Waals surface area contributed by atoms with E-state index in [1.165, 1.54) is 25.6 Å². The Hall–Kier alpha value is -1.28. The van der Waals surface area contributed by atoms with Crippen molar-refractivity contribution < 1.29 is 24.6 Å². The highest BCUT2D eigenvalue weighted by Gasteiger charge is 2.28. The van der Waals surface area contributed by atoms with E-state index in [1.54, 1.807) is 0 Å². The van der Waals surface area contributed by atoms with E-state index in [-0.39, 0.29) is 5.91 Å². The van der Waals surface area contributed by atoms with Crippen molar-refractivity contribution in [1.29, 1.82) is 0 Å². The van der Waals surface area contributed by atoms with Crippen LogP contribution >= 0.6 is 11.8 Å². The molecule has 0 aliphatic rings. The molecule has 0 aromatic carbocycles. The second-order valence-electron chi connectivity index (χ2n) is 4.10. The minimum atomic E-state index is -1.39. The van der Waals surface area contributed by atoms with Gasteiger partial charge < -0.3 is 20.8 Å². The van der Waals surface area contributed by atoms with E-state index in [0.717, 1.165) is 0 Å². The number of nitrogens with one attached hydrogen (secondary N) is 2. The topological polar surface area (TPSA) is 116 Å². The van der Waals surface area contributed by atoms with E-state index in [9.17, 15) is 19.5 Å². The zero-order chi connectivity index (χ0) is 15.0. The Kier molecular flexibility index (Phi) is 8.17. The predicted octanol–water partition coefficient (Wildman–Crippen LogP) is -0.806. The highest BCUT2D eigenvalue weighted by Crippen LogP contribution is 2.03. The molecule has 0 saturated heterocycles. The molecule has 0 aliphatic heterocycles. The molecular formula is C11H20N2O5S. The van der Waals surface area contributed by atoms with E-state index >= 15 is 0 Å². The fourth-order valence-electron chi connectivity index (χ4n) is 1.39. The fraction of sp³-hybridized carbons (Fsp3) is 0.727. The number of carboxylic acids is 1. The maximum atomic E-state index is 11.9. The number of aliphatic hydroxyl groups is 1. The second kappa shape index (κ2) is 8.76. The molecule has 110 valence electrons. The highest BCUT2D eigenvalue weighted by atomic mass is 32.2. The fourth-order valence-corrected chi connectivity index (χ4v) is 1.86. The molecule has 8 heteroatoms. The number of aliphatic hydroxyl groups excluding tert-OH is 1. The number of amides is 2. The van der Waals surface area contributed by atoms with E-state index in [1.807, 2.05) is 6.26 Å². The first-order valence-electron chi connectivity index (χ1n) is 5.76. The smallest absolute Gasteiger partial charge is 0.328 e. The van der Waals surface area contributed by atoms with Gasteiger partial charge >= 0.3 is 5.97 Å². The van der Waals surface area contributed by atoms with Gasteiger partial charge in [-0.2, -0.15) is 11.8 Å². The zero-order valence-electron chi connectivity index (χ0n) is 11.2. The van der Waals surface area contributed by atoms with Crippen LogP contribution in [0.2, 0.25) is 0 Å². The summed E-state index contributed by atoms with van der Waals surface area (Å²) >= 11 is 1.51. The highest BCUT2D eigenvalue weighted by molar-refractivity contribution is 7.98. The van der Waals surface area contributed by atoms with E-state index in [4.69, 9.17) is 5.11 Å². The second-order valence-corrected chi connectivity index (χ2v) is 5.09. The predicted molar refractivity (Wildman–Crippen MR) is 71.9 cm³/mol. The normalized spacial score (nSPS) is 15.2. The Morgan fingerprint density at radius 2 is 1.84 bits per heavy atom. The van der Waals surface area contributed by atoms with Crippen molar-refractivity contribution >= 4 is 29.5 Å². The van der Waals surface area contributed by atoms with Crippen LogP contribution in [0, 0.1) is 0 Å². The zero-order valence-corrected chi connectivity index (χ0v) is 12.0. The van der Waals surface area contributed by atoms with Crippen LogP contribution in [0.1, 0.15) is 20.3 Å². The van der Waals surface area contributed by atoms with Crippen LogP contribution in [0.25, 0.3) is 0 Å². The number of carbonyl (C=O) groups is 3. The van der Waals surface area contributed by atoms with Crippen LogP contribution in [-0.4, -0.2) is 58.2 Å². The number of rotatable bonds is 8. The van der Waals surface area contributed by atoms with Crippen LogP contribution in [-0.2, 0) is 14.4 Å². The Bertz CT molecular complexity index is 335. The Balaban J connectivity index is 4.68. The lowest BCUT2D eigenvalue weighted by molar-refractivity contribution is -0.145. The van der Waals surface area contributed by atoms with Crippen LogP contribution in [0.4, 0.5) is 0 Å². The molecule has 19 heavy (non-hydrogen) atoms. The van der Waals surface area contributed by atoms with Crippen LogP contribution in [0.5, 0.6) is 0 Å². The van der Waals surface area contributed by atoms with Gasteiger partial charge in [-0.1, -0.05) is 0 Å². The summed E-state index contributed by atoms with van der Waals surface area (Å²) in [6, 6.07) is -2.19. The summed E-state index contributed by atoms with van der Waals surface area (Å²) in [5.41, 5.74) is 0. The average molecular weight is 292 g/mol. The van der Waals surface area contributed by atoms with Gasteiger partial charge in [-0.05, 0) is 25.4 Å². The standard InChI is InChI=1S/C11H20N2O5S/c1-6(14)9(11(17)18)13-10(16)8(4-5-19-3)12-7(2)15/h6,8-9,14H,4-5H2,1-3H3,(H,12,15)(H,13,16)(H,17,18)/t6-,8+,9+/m1/s1. The Labute approximate surface area is 116 Å². The first kappa shape index (κ1) is 17.7. The molecule has 0 aromatic heterocycles. The molecule has 0 aliphatic carbocycles. The molecule has 0 unspecified atom stereocenters. The van der Waals surface area contributed by atoms with Crippen molar-refractivity contribution in [2.45, 2.75) is 38.5 Å². The Morgan fingerprint density at radius 3 is 2.21 bits per heavy atom. The molecule has 0 fully saturated rings. The summed E-state index contributed by atoms with van der Waals surface area (Å²) in [5, 5.41) is 22.8. The number of hydrogen-bond acceptors (Lipinski definition) is 5.